The summed E-state index contributed by atoms with van der Waals surface area (Å²) in [5.74, 6) is 0. The van der Waals surface area contributed by atoms with E-state index in [0.717, 1.165) is 34.5 Å². The van der Waals surface area contributed by atoms with Crippen molar-refractivity contribution in [2.24, 2.45) is 0 Å². The molecule has 0 radical (unpaired) electrons. The minimum Gasteiger partial charge on any atom is -0.399 e. The summed E-state index contributed by atoms with van der Waals surface area (Å²) < 4.78 is 5.09. The third-order valence-electron chi connectivity index (χ3n) is 2.97. The Hall–Kier alpha value is -2.00. The molecular formula is C15H18N2O. The molecule has 0 saturated heterocycles. The highest BCUT2D eigenvalue weighted by Gasteiger charge is 2.07. The smallest absolute Gasteiger partial charge is 0.0503 e. The Morgan fingerprint density at radius 3 is 2.56 bits per heavy atom. The van der Waals surface area contributed by atoms with E-state index in [2.05, 4.69) is 0 Å². The Morgan fingerprint density at radius 1 is 1.06 bits per heavy atom. The highest BCUT2D eigenvalue weighted by molar-refractivity contribution is 5.80. The van der Waals surface area contributed by atoms with Gasteiger partial charge in [0.15, 0.2) is 0 Å². The second-order valence-electron chi connectivity index (χ2n) is 4.25. The predicted octanol–water partition coefficient (Wildman–Crippen LogP) is 2.71. The van der Waals surface area contributed by atoms with Crippen LogP contribution in [0.1, 0.15) is 5.56 Å². The van der Waals surface area contributed by atoms with E-state index in [1.165, 1.54) is 0 Å². The van der Waals surface area contributed by atoms with Gasteiger partial charge in [-0.15, -0.1) is 0 Å². The molecule has 3 nitrogen and oxygen atoms in total. The molecule has 18 heavy (non-hydrogen) atoms. The zero-order chi connectivity index (χ0) is 13.0. The van der Waals surface area contributed by atoms with Crippen molar-refractivity contribution in [2.45, 2.75) is 6.42 Å². The predicted molar refractivity (Wildman–Crippen MR) is 76.3 cm³/mol. The summed E-state index contributed by atoms with van der Waals surface area (Å²) >= 11 is 0. The summed E-state index contributed by atoms with van der Waals surface area (Å²) in [6.07, 6.45) is 0.818. The van der Waals surface area contributed by atoms with E-state index < -0.39 is 0 Å². The first kappa shape index (κ1) is 12.5. The van der Waals surface area contributed by atoms with Crippen LogP contribution in [0.3, 0.4) is 0 Å². The molecule has 0 aromatic heterocycles. The molecule has 0 atom stereocenters. The molecular weight excluding hydrogens is 224 g/mol. The number of anilines is 2. The fourth-order valence-electron chi connectivity index (χ4n) is 2.00. The minimum atomic E-state index is 0.671. The van der Waals surface area contributed by atoms with Gasteiger partial charge in [0, 0.05) is 24.0 Å². The molecule has 2 aromatic carbocycles. The zero-order valence-electron chi connectivity index (χ0n) is 10.5. The van der Waals surface area contributed by atoms with Crippen LogP contribution in [-0.2, 0) is 11.2 Å². The second-order valence-corrected chi connectivity index (χ2v) is 4.25. The summed E-state index contributed by atoms with van der Waals surface area (Å²) in [7, 11) is 1.69. The molecule has 94 valence electrons. The maximum Gasteiger partial charge on any atom is 0.0503 e. The van der Waals surface area contributed by atoms with Crippen LogP contribution in [0.15, 0.2) is 42.5 Å². The van der Waals surface area contributed by atoms with Crippen molar-refractivity contribution in [1.29, 1.82) is 0 Å². The first-order chi connectivity index (χ1) is 8.72. The number of para-hydroxylation sites is 1. The van der Waals surface area contributed by atoms with Gasteiger partial charge in [-0.1, -0.05) is 30.3 Å². The SMILES string of the molecule is COCCc1cccc(-c2cccc(N)c2)c1N. The van der Waals surface area contributed by atoms with Gasteiger partial charge in [-0.3, -0.25) is 0 Å². The second kappa shape index (κ2) is 5.56. The molecule has 0 aliphatic heterocycles. The molecule has 4 N–H and O–H groups in total. The molecule has 0 fully saturated rings. The van der Waals surface area contributed by atoms with Gasteiger partial charge in [0.2, 0.25) is 0 Å². The van der Waals surface area contributed by atoms with Crippen LogP contribution in [0, 0.1) is 0 Å². The van der Waals surface area contributed by atoms with Gasteiger partial charge >= 0.3 is 0 Å². The summed E-state index contributed by atoms with van der Waals surface area (Å²) in [5.41, 5.74) is 16.7. The lowest BCUT2D eigenvalue weighted by Crippen LogP contribution is -2.01. The van der Waals surface area contributed by atoms with Crippen LogP contribution in [0.4, 0.5) is 11.4 Å². The van der Waals surface area contributed by atoms with E-state index in [9.17, 15) is 0 Å². The van der Waals surface area contributed by atoms with Crippen molar-refractivity contribution in [1.82, 2.24) is 0 Å². The minimum absolute atomic E-state index is 0.671. The summed E-state index contributed by atoms with van der Waals surface area (Å²) in [6.45, 7) is 0.671. The number of rotatable bonds is 4. The van der Waals surface area contributed by atoms with E-state index in [0.29, 0.717) is 6.61 Å². The van der Waals surface area contributed by atoms with Gasteiger partial charge < -0.3 is 16.2 Å². The van der Waals surface area contributed by atoms with Gasteiger partial charge in [-0.05, 0) is 29.7 Å². The summed E-state index contributed by atoms with van der Waals surface area (Å²) in [6, 6.07) is 13.8. The fraction of sp³-hybridized carbons (Fsp3) is 0.200. The Bertz CT molecular complexity index is 538. The number of nitrogens with two attached hydrogens (primary N) is 2. The largest absolute Gasteiger partial charge is 0.399 e. The summed E-state index contributed by atoms with van der Waals surface area (Å²) in [5, 5.41) is 0. The third kappa shape index (κ3) is 2.63. The maximum atomic E-state index is 6.21. The molecule has 0 heterocycles. The normalized spacial score (nSPS) is 10.5. The number of nitrogen functional groups attached to an aromatic ring is 2. The van der Waals surface area contributed by atoms with Crippen LogP contribution in [0.5, 0.6) is 0 Å². The highest BCUT2D eigenvalue weighted by Crippen LogP contribution is 2.29. The number of methoxy groups -OCH3 is 1. The topological polar surface area (TPSA) is 61.3 Å². The van der Waals surface area contributed by atoms with E-state index in [4.69, 9.17) is 16.2 Å². The number of benzene rings is 2. The average Bonchev–Trinajstić information content (AvgIpc) is 2.37. The number of hydrogen-bond donors (Lipinski definition) is 2. The standard InChI is InChI=1S/C15H18N2O/c1-18-9-8-11-4-3-7-14(15(11)17)12-5-2-6-13(16)10-12/h2-7,10H,8-9,16-17H2,1H3. The molecule has 3 heteroatoms. The Balaban J connectivity index is 2.39. The fourth-order valence-corrected chi connectivity index (χ4v) is 2.00. The van der Waals surface area contributed by atoms with Crippen molar-refractivity contribution >= 4 is 11.4 Å². The van der Waals surface area contributed by atoms with Gasteiger partial charge in [0.05, 0.1) is 6.61 Å². The quantitative estimate of drug-likeness (QED) is 0.810. The first-order valence-corrected chi connectivity index (χ1v) is 5.94. The van der Waals surface area contributed by atoms with Gasteiger partial charge in [0.25, 0.3) is 0 Å². The highest BCUT2D eigenvalue weighted by atomic mass is 16.5. The van der Waals surface area contributed by atoms with Gasteiger partial charge in [-0.2, -0.15) is 0 Å². The van der Waals surface area contributed by atoms with Crippen LogP contribution < -0.4 is 11.5 Å². The first-order valence-electron chi connectivity index (χ1n) is 5.94. The van der Waals surface area contributed by atoms with Gasteiger partial charge in [0.1, 0.15) is 0 Å². The average molecular weight is 242 g/mol. The molecule has 0 bridgehead atoms. The van der Waals surface area contributed by atoms with E-state index >= 15 is 0 Å². The van der Waals surface area contributed by atoms with Crippen molar-refractivity contribution < 1.29 is 4.74 Å². The van der Waals surface area contributed by atoms with E-state index in [1.807, 2.05) is 42.5 Å². The van der Waals surface area contributed by atoms with Crippen molar-refractivity contribution in [3.05, 3.63) is 48.0 Å². The molecule has 0 unspecified atom stereocenters. The molecule has 0 aliphatic rings. The van der Waals surface area contributed by atoms with Crippen molar-refractivity contribution in [2.75, 3.05) is 25.2 Å². The molecule has 0 aliphatic carbocycles. The lowest BCUT2D eigenvalue weighted by Gasteiger charge is -2.11. The Kier molecular flexibility index (Phi) is 3.85. The molecule has 2 aromatic rings. The molecule has 0 spiro atoms. The maximum absolute atomic E-state index is 6.21. The third-order valence-corrected chi connectivity index (χ3v) is 2.97. The molecule has 2 rings (SSSR count). The molecule has 0 saturated carbocycles. The van der Waals surface area contributed by atoms with Crippen LogP contribution in [0.2, 0.25) is 0 Å². The Labute approximate surface area is 107 Å². The number of hydrogen-bond acceptors (Lipinski definition) is 3. The lowest BCUT2D eigenvalue weighted by molar-refractivity contribution is 0.202. The van der Waals surface area contributed by atoms with Crippen molar-refractivity contribution in [3.63, 3.8) is 0 Å². The van der Waals surface area contributed by atoms with E-state index in [-0.39, 0.29) is 0 Å². The van der Waals surface area contributed by atoms with Crippen molar-refractivity contribution in [3.8, 4) is 11.1 Å². The monoisotopic (exact) mass is 242 g/mol. The zero-order valence-corrected chi connectivity index (χ0v) is 10.5. The van der Waals surface area contributed by atoms with Gasteiger partial charge in [-0.25, -0.2) is 0 Å². The lowest BCUT2D eigenvalue weighted by atomic mass is 9.99. The Morgan fingerprint density at radius 2 is 1.83 bits per heavy atom. The van der Waals surface area contributed by atoms with Crippen LogP contribution in [0.25, 0.3) is 11.1 Å². The van der Waals surface area contributed by atoms with Crippen LogP contribution >= 0.6 is 0 Å². The number of ether oxygens (including phenoxy) is 1. The molecule has 0 amide bonds. The summed E-state index contributed by atoms with van der Waals surface area (Å²) in [4.78, 5) is 0. The van der Waals surface area contributed by atoms with E-state index in [1.54, 1.807) is 7.11 Å². The van der Waals surface area contributed by atoms with Crippen LogP contribution in [-0.4, -0.2) is 13.7 Å².